The third kappa shape index (κ3) is 3.87. The van der Waals surface area contributed by atoms with Crippen LogP contribution in [0.25, 0.3) is 5.76 Å². The van der Waals surface area contributed by atoms with Gasteiger partial charge in [0, 0.05) is 30.0 Å². The largest absolute Gasteiger partial charge is 0.507 e. The fourth-order valence-corrected chi connectivity index (χ4v) is 4.74. The summed E-state index contributed by atoms with van der Waals surface area (Å²) in [6.45, 7) is 5.41. The minimum Gasteiger partial charge on any atom is -0.507 e. The molecule has 3 heterocycles. The number of thiophene rings is 1. The summed E-state index contributed by atoms with van der Waals surface area (Å²) in [6.07, 6.45) is 1.48. The summed E-state index contributed by atoms with van der Waals surface area (Å²) >= 11 is 1.47. The van der Waals surface area contributed by atoms with Gasteiger partial charge in [0.15, 0.2) is 0 Å². The standard InChI is InChI=1S/C23H25NO5S/c1-14(2)28-10-4-9-24-20(18-5-3-12-30-18)19(22(26)23(24)27)21(25)16-6-7-17-15(13-16)8-11-29-17/h3,5-7,12-14,20,25H,4,8-11H2,1-2H3/b21-19-. The molecule has 158 valence electrons. The molecule has 4 rings (SSSR count). The van der Waals surface area contributed by atoms with E-state index < -0.39 is 17.7 Å². The van der Waals surface area contributed by atoms with Gasteiger partial charge < -0.3 is 19.5 Å². The Kier molecular flexibility index (Phi) is 5.92. The number of carbonyl (C=O) groups is 2. The Morgan fingerprint density at radius 3 is 2.90 bits per heavy atom. The van der Waals surface area contributed by atoms with Crippen LogP contribution < -0.4 is 4.74 Å². The van der Waals surface area contributed by atoms with Gasteiger partial charge in [0.05, 0.1) is 24.3 Å². The van der Waals surface area contributed by atoms with E-state index in [0.29, 0.717) is 31.7 Å². The molecular weight excluding hydrogens is 402 g/mol. The van der Waals surface area contributed by atoms with Crippen molar-refractivity contribution in [3.05, 3.63) is 57.3 Å². The van der Waals surface area contributed by atoms with Crippen molar-refractivity contribution >= 4 is 28.8 Å². The van der Waals surface area contributed by atoms with Crippen LogP contribution in [0, 0.1) is 0 Å². The molecule has 6 nitrogen and oxygen atoms in total. The summed E-state index contributed by atoms with van der Waals surface area (Å²) in [4.78, 5) is 28.2. The lowest BCUT2D eigenvalue weighted by Gasteiger charge is -2.24. The van der Waals surface area contributed by atoms with Crippen molar-refractivity contribution in [2.24, 2.45) is 0 Å². The Labute approximate surface area is 179 Å². The quantitative estimate of drug-likeness (QED) is 0.314. The molecule has 1 saturated heterocycles. The first kappa shape index (κ1) is 20.6. The summed E-state index contributed by atoms with van der Waals surface area (Å²) in [5, 5.41) is 13.0. The Morgan fingerprint density at radius 2 is 2.17 bits per heavy atom. The van der Waals surface area contributed by atoms with E-state index in [9.17, 15) is 14.7 Å². The van der Waals surface area contributed by atoms with Gasteiger partial charge in [-0.2, -0.15) is 0 Å². The number of hydrogen-bond donors (Lipinski definition) is 1. The SMILES string of the molecule is CC(C)OCCCN1C(=O)C(=O)/C(=C(\O)c2ccc3c(c2)CCO3)C1c1cccs1. The van der Waals surface area contributed by atoms with Crippen molar-refractivity contribution in [1.82, 2.24) is 4.90 Å². The highest BCUT2D eigenvalue weighted by Gasteiger charge is 2.46. The Balaban J connectivity index is 1.69. The number of hydrogen-bond acceptors (Lipinski definition) is 6. The van der Waals surface area contributed by atoms with Crippen molar-refractivity contribution in [3.63, 3.8) is 0 Å². The number of benzene rings is 1. The zero-order valence-electron chi connectivity index (χ0n) is 17.1. The molecule has 0 saturated carbocycles. The molecule has 30 heavy (non-hydrogen) atoms. The van der Waals surface area contributed by atoms with Gasteiger partial charge in [0.2, 0.25) is 0 Å². The number of likely N-dealkylation sites (tertiary alicyclic amines) is 1. The van der Waals surface area contributed by atoms with Crippen LogP contribution in [0.4, 0.5) is 0 Å². The molecule has 1 N–H and O–H groups in total. The number of amides is 1. The monoisotopic (exact) mass is 427 g/mol. The van der Waals surface area contributed by atoms with Crippen LogP contribution >= 0.6 is 11.3 Å². The molecule has 1 atom stereocenters. The van der Waals surface area contributed by atoms with Crippen molar-refractivity contribution < 1.29 is 24.2 Å². The van der Waals surface area contributed by atoms with Crippen molar-refractivity contribution in [2.45, 2.75) is 38.8 Å². The number of fused-ring (bicyclic) bond motifs is 1. The van der Waals surface area contributed by atoms with Crippen LogP contribution in [0.15, 0.2) is 41.3 Å². The topological polar surface area (TPSA) is 76.1 Å². The maximum absolute atomic E-state index is 13.0. The Bertz CT molecular complexity index is 979. The number of nitrogens with zero attached hydrogens (tertiary/aromatic N) is 1. The van der Waals surface area contributed by atoms with E-state index >= 15 is 0 Å². The third-order valence-electron chi connectivity index (χ3n) is 5.31. The van der Waals surface area contributed by atoms with Crippen LogP contribution in [-0.2, 0) is 20.7 Å². The molecule has 0 radical (unpaired) electrons. The molecule has 1 amide bonds. The zero-order valence-corrected chi connectivity index (χ0v) is 17.9. The molecule has 7 heteroatoms. The van der Waals surface area contributed by atoms with Gasteiger partial charge in [-0.05, 0) is 55.5 Å². The molecular formula is C23H25NO5S. The number of Topliss-reactive ketones (excluding diaryl/α,β-unsaturated/α-hetero) is 1. The minimum atomic E-state index is -0.646. The van der Waals surface area contributed by atoms with E-state index in [1.54, 1.807) is 17.0 Å². The fourth-order valence-electron chi connectivity index (χ4n) is 3.90. The average Bonchev–Trinajstić information content (AvgIpc) is 3.46. The minimum absolute atomic E-state index is 0.109. The fraction of sp³-hybridized carbons (Fsp3) is 0.391. The highest BCUT2D eigenvalue weighted by atomic mass is 32.1. The van der Waals surface area contributed by atoms with Gasteiger partial charge in [-0.25, -0.2) is 0 Å². The second-order valence-electron chi connectivity index (χ2n) is 7.70. The van der Waals surface area contributed by atoms with Crippen LogP contribution in [0.2, 0.25) is 0 Å². The van der Waals surface area contributed by atoms with Crippen molar-refractivity contribution in [3.8, 4) is 5.75 Å². The summed E-state index contributed by atoms with van der Waals surface area (Å²) in [5.74, 6) is -0.564. The highest BCUT2D eigenvalue weighted by molar-refractivity contribution is 7.10. The van der Waals surface area contributed by atoms with Crippen LogP contribution in [0.1, 0.15) is 42.3 Å². The first-order valence-electron chi connectivity index (χ1n) is 10.2. The smallest absolute Gasteiger partial charge is 0.295 e. The number of aliphatic hydroxyl groups excluding tert-OH is 1. The molecule has 0 aliphatic carbocycles. The highest BCUT2D eigenvalue weighted by Crippen LogP contribution is 2.41. The van der Waals surface area contributed by atoms with E-state index in [4.69, 9.17) is 9.47 Å². The van der Waals surface area contributed by atoms with E-state index in [2.05, 4.69) is 0 Å². The summed E-state index contributed by atoms with van der Waals surface area (Å²) in [7, 11) is 0. The third-order valence-corrected chi connectivity index (χ3v) is 6.23. The Morgan fingerprint density at radius 1 is 1.33 bits per heavy atom. The molecule has 1 fully saturated rings. The molecule has 2 aromatic rings. The summed E-state index contributed by atoms with van der Waals surface area (Å²) in [6, 6.07) is 8.56. The molecule has 1 unspecified atom stereocenters. The lowest BCUT2D eigenvalue weighted by Crippen LogP contribution is -2.31. The Hall–Kier alpha value is -2.64. The number of aliphatic hydroxyl groups is 1. The van der Waals surface area contributed by atoms with Gasteiger partial charge in [-0.1, -0.05) is 6.07 Å². The molecule has 0 bridgehead atoms. The zero-order chi connectivity index (χ0) is 21.3. The maximum atomic E-state index is 13.0. The average molecular weight is 428 g/mol. The van der Waals surface area contributed by atoms with Gasteiger partial charge in [0.25, 0.3) is 11.7 Å². The van der Waals surface area contributed by atoms with Crippen LogP contribution in [0.5, 0.6) is 5.75 Å². The van der Waals surface area contributed by atoms with Crippen LogP contribution in [-0.4, -0.2) is 47.6 Å². The summed E-state index contributed by atoms with van der Waals surface area (Å²) < 4.78 is 11.1. The van der Waals surface area contributed by atoms with Crippen LogP contribution in [0.3, 0.4) is 0 Å². The van der Waals surface area contributed by atoms with Crippen molar-refractivity contribution in [1.29, 1.82) is 0 Å². The second-order valence-corrected chi connectivity index (χ2v) is 8.68. The molecule has 2 aliphatic heterocycles. The van der Waals surface area contributed by atoms with E-state index in [0.717, 1.165) is 22.6 Å². The predicted molar refractivity (Wildman–Crippen MR) is 115 cm³/mol. The normalized spacial score (nSPS) is 20.1. The first-order chi connectivity index (χ1) is 14.5. The number of rotatable bonds is 7. The van der Waals surface area contributed by atoms with Gasteiger partial charge in [-0.15, -0.1) is 11.3 Å². The van der Waals surface area contributed by atoms with Gasteiger partial charge in [0.1, 0.15) is 11.5 Å². The lowest BCUT2D eigenvalue weighted by atomic mass is 9.98. The van der Waals surface area contributed by atoms with E-state index in [1.165, 1.54) is 11.3 Å². The maximum Gasteiger partial charge on any atom is 0.295 e. The number of ketones is 1. The van der Waals surface area contributed by atoms with E-state index in [-0.39, 0.29) is 17.4 Å². The predicted octanol–water partition coefficient (Wildman–Crippen LogP) is 3.92. The summed E-state index contributed by atoms with van der Waals surface area (Å²) in [5.41, 5.74) is 1.67. The second kappa shape index (κ2) is 8.62. The molecule has 2 aliphatic rings. The molecule has 0 spiro atoms. The molecule has 1 aromatic heterocycles. The van der Waals surface area contributed by atoms with Gasteiger partial charge >= 0.3 is 0 Å². The first-order valence-corrected chi connectivity index (χ1v) is 11.0. The number of ether oxygens (including phenoxy) is 2. The lowest BCUT2D eigenvalue weighted by molar-refractivity contribution is -0.140. The van der Waals surface area contributed by atoms with Gasteiger partial charge in [-0.3, -0.25) is 9.59 Å². The van der Waals surface area contributed by atoms with E-state index in [1.807, 2.05) is 37.4 Å². The number of carbonyl (C=O) groups excluding carboxylic acids is 2. The van der Waals surface area contributed by atoms with Crippen molar-refractivity contribution in [2.75, 3.05) is 19.8 Å². The molecule has 1 aromatic carbocycles.